The molecule has 1 fully saturated rings. The van der Waals surface area contributed by atoms with Crippen molar-refractivity contribution in [3.05, 3.63) is 28.3 Å². The number of hydrogen-bond donors (Lipinski definition) is 1. The van der Waals surface area contributed by atoms with E-state index < -0.39 is 0 Å². The van der Waals surface area contributed by atoms with E-state index in [1.165, 1.54) is 43.5 Å². The molecule has 1 aliphatic heterocycles. The summed E-state index contributed by atoms with van der Waals surface area (Å²) >= 11 is 6.19. The average molecular weight is 268 g/mol. The second kappa shape index (κ2) is 6.44. The Morgan fingerprint density at radius 1 is 1.44 bits per heavy atom. The Kier molecular flexibility index (Phi) is 4.90. The average Bonchev–Trinajstić information content (AvgIpc) is 2.40. The minimum Gasteiger partial charge on any atom is -0.495 e. The summed E-state index contributed by atoms with van der Waals surface area (Å²) in [7, 11) is 1.66. The number of halogens is 1. The Morgan fingerprint density at radius 3 is 2.94 bits per heavy atom. The van der Waals surface area contributed by atoms with Crippen LogP contribution < -0.4 is 10.1 Å². The molecule has 0 spiro atoms. The molecule has 1 unspecified atom stereocenters. The molecule has 18 heavy (non-hydrogen) atoms. The molecule has 0 aliphatic carbocycles. The third-order valence-corrected chi connectivity index (χ3v) is 4.13. The molecule has 1 atom stereocenters. The Bertz CT molecular complexity index is 400. The summed E-state index contributed by atoms with van der Waals surface area (Å²) < 4.78 is 5.23. The molecule has 1 N–H and O–H groups in total. The highest BCUT2D eigenvalue weighted by Crippen LogP contribution is 2.29. The van der Waals surface area contributed by atoms with Gasteiger partial charge in [0.05, 0.1) is 12.1 Å². The quantitative estimate of drug-likeness (QED) is 0.900. The number of ether oxygens (including phenoxy) is 1. The van der Waals surface area contributed by atoms with E-state index in [0.717, 1.165) is 23.1 Å². The van der Waals surface area contributed by atoms with Crippen LogP contribution in [0.5, 0.6) is 5.75 Å². The lowest BCUT2D eigenvalue weighted by molar-refractivity contribution is 0.358. The molecular formula is C15H22ClNO. The van der Waals surface area contributed by atoms with E-state index in [-0.39, 0.29) is 0 Å². The first kappa shape index (κ1) is 13.7. The van der Waals surface area contributed by atoms with E-state index in [2.05, 4.69) is 18.3 Å². The highest BCUT2D eigenvalue weighted by atomic mass is 35.5. The smallest absolute Gasteiger partial charge is 0.137 e. The van der Waals surface area contributed by atoms with Crippen LogP contribution in [0, 0.1) is 12.8 Å². The van der Waals surface area contributed by atoms with Crippen molar-refractivity contribution in [1.29, 1.82) is 0 Å². The number of aryl methyl sites for hydroxylation is 2. The maximum Gasteiger partial charge on any atom is 0.137 e. The SMILES string of the molecule is COc1cc(C)c(CCC2CCCNC2)cc1Cl. The van der Waals surface area contributed by atoms with Crippen molar-refractivity contribution >= 4 is 11.6 Å². The molecule has 0 saturated carbocycles. The van der Waals surface area contributed by atoms with Crippen LogP contribution in [0.25, 0.3) is 0 Å². The second-order valence-electron chi connectivity index (χ2n) is 5.16. The molecule has 0 aromatic heterocycles. The summed E-state index contributed by atoms with van der Waals surface area (Å²) in [5.41, 5.74) is 2.63. The molecule has 100 valence electrons. The first-order valence-corrected chi connectivity index (χ1v) is 7.12. The van der Waals surface area contributed by atoms with Gasteiger partial charge in [0.2, 0.25) is 0 Å². The third-order valence-electron chi connectivity index (χ3n) is 3.83. The topological polar surface area (TPSA) is 21.3 Å². The number of methoxy groups -OCH3 is 1. The van der Waals surface area contributed by atoms with Crippen molar-refractivity contribution < 1.29 is 4.74 Å². The number of hydrogen-bond acceptors (Lipinski definition) is 2. The maximum absolute atomic E-state index is 6.19. The molecule has 1 aromatic rings. The van der Waals surface area contributed by atoms with Crippen LogP contribution in [-0.2, 0) is 6.42 Å². The largest absolute Gasteiger partial charge is 0.495 e. The Balaban J connectivity index is 1.98. The molecule has 0 radical (unpaired) electrons. The third kappa shape index (κ3) is 3.39. The summed E-state index contributed by atoms with van der Waals surface area (Å²) in [5, 5.41) is 4.19. The van der Waals surface area contributed by atoms with Gasteiger partial charge < -0.3 is 10.1 Å². The zero-order chi connectivity index (χ0) is 13.0. The van der Waals surface area contributed by atoms with Crippen LogP contribution in [0.4, 0.5) is 0 Å². The molecular weight excluding hydrogens is 246 g/mol. The lowest BCUT2D eigenvalue weighted by atomic mass is 9.91. The van der Waals surface area contributed by atoms with Gasteiger partial charge in [0.1, 0.15) is 5.75 Å². The molecule has 1 aromatic carbocycles. The zero-order valence-corrected chi connectivity index (χ0v) is 12.0. The van der Waals surface area contributed by atoms with Gasteiger partial charge in [0.15, 0.2) is 0 Å². The predicted octanol–water partition coefficient (Wildman–Crippen LogP) is 3.59. The number of rotatable bonds is 4. The van der Waals surface area contributed by atoms with E-state index in [0.29, 0.717) is 0 Å². The normalized spacial score (nSPS) is 19.8. The van der Waals surface area contributed by atoms with Crippen molar-refractivity contribution in [3.63, 3.8) is 0 Å². The fourth-order valence-electron chi connectivity index (χ4n) is 2.65. The van der Waals surface area contributed by atoms with Gasteiger partial charge in [-0.15, -0.1) is 0 Å². The molecule has 1 aliphatic rings. The fourth-order valence-corrected chi connectivity index (χ4v) is 2.92. The van der Waals surface area contributed by atoms with Crippen LogP contribution in [0.3, 0.4) is 0 Å². The summed E-state index contributed by atoms with van der Waals surface area (Å²) in [6.45, 7) is 4.49. The van der Waals surface area contributed by atoms with Crippen molar-refractivity contribution in [2.45, 2.75) is 32.6 Å². The van der Waals surface area contributed by atoms with E-state index in [9.17, 15) is 0 Å². The molecule has 1 heterocycles. The minimum atomic E-state index is 0.722. The lowest BCUT2D eigenvalue weighted by Gasteiger charge is -2.23. The molecule has 2 rings (SSSR count). The summed E-state index contributed by atoms with van der Waals surface area (Å²) in [4.78, 5) is 0. The van der Waals surface area contributed by atoms with Crippen molar-refractivity contribution in [2.75, 3.05) is 20.2 Å². The van der Waals surface area contributed by atoms with Gasteiger partial charge >= 0.3 is 0 Å². The molecule has 0 bridgehead atoms. The van der Waals surface area contributed by atoms with Crippen molar-refractivity contribution in [3.8, 4) is 5.75 Å². The molecule has 0 amide bonds. The fraction of sp³-hybridized carbons (Fsp3) is 0.600. The van der Waals surface area contributed by atoms with Gasteiger partial charge in [0, 0.05) is 0 Å². The zero-order valence-electron chi connectivity index (χ0n) is 11.3. The molecule has 1 saturated heterocycles. The minimum absolute atomic E-state index is 0.722. The van der Waals surface area contributed by atoms with E-state index >= 15 is 0 Å². The van der Waals surface area contributed by atoms with Crippen LogP contribution in [0.15, 0.2) is 12.1 Å². The van der Waals surface area contributed by atoms with Gasteiger partial charge in [-0.1, -0.05) is 11.6 Å². The summed E-state index contributed by atoms with van der Waals surface area (Å²) in [6.07, 6.45) is 5.03. The predicted molar refractivity (Wildman–Crippen MR) is 76.7 cm³/mol. The Labute approximate surface area is 115 Å². The van der Waals surface area contributed by atoms with Gasteiger partial charge in [-0.05, 0) is 74.9 Å². The van der Waals surface area contributed by atoms with Crippen LogP contribution in [-0.4, -0.2) is 20.2 Å². The number of piperidine rings is 1. The maximum atomic E-state index is 6.19. The molecule has 3 heteroatoms. The van der Waals surface area contributed by atoms with Crippen LogP contribution in [0.1, 0.15) is 30.4 Å². The Morgan fingerprint density at radius 2 is 2.28 bits per heavy atom. The van der Waals surface area contributed by atoms with Crippen molar-refractivity contribution in [1.82, 2.24) is 5.32 Å². The summed E-state index contributed by atoms with van der Waals surface area (Å²) in [6, 6.07) is 4.10. The highest BCUT2D eigenvalue weighted by Gasteiger charge is 2.14. The number of nitrogens with one attached hydrogen (secondary N) is 1. The van der Waals surface area contributed by atoms with Crippen LogP contribution in [0.2, 0.25) is 5.02 Å². The Hall–Kier alpha value is -0.730. The highest BCUT2D eigenvalue weighted by molar-refractivity contribution is 6.32. The lowest BCUT2D eigenvalue weighted by Crippen LogP contribution is -2.29. The second-order valence-corrected chi connectivity index (χ2v) is 5.57. The van der Waals surface area contributed by atoms with Gasteiger partial charge in [-0.25, -0.2) is 0 Å². The standard InChI is InChI=1S/C15H22ClNO/c1-11-8-15(18-2)14(16)9-13(11)6-5-12-4-3-7-17-10-12/h8-9,12,17H,3-7,10H2,1-2H3. The molecule has 2 nitrogen and oxygen atoms in total. The van der Waals surface area contributed by atoms with Crippen LogP contribution >= 0.6 is 11.6 Å². The van der Waals surface area contributed by atoms with E-state index in [1.54, 1.807) is 7.11 Å². The monoisotopic (exact) mass is 267 g/mol. The van der Waals surface area contributed by atoms with E-state index in [1.807, 2.05) is 6.07 Å². The van der Waals surface area contributed by atoms with Crippen molar-refractivity contribution in [2.24, 2.45) is 5.92 Å². The first-order chi connectivity index (χ1) is 8.70. The summed E-state index contributed by atoms with van der Waals surface area (Å²) in [5.74, 6) is 1.59. The van der Waals surface area contributed by atoms with Gasteiger partial charge in [-0.3, -0.25) is 0 Å². The first-order valence-electron chi connectivity index (χ1n) is 6.74. The van der Waals surface area contributed by atoms with Gasteiger partial charge in [0.25, 0.3) is 0 Å². The van der Waals surface area contributed by atoms with Gasteiger partial charge in [-0.2, -0.15) is 0 Å². The number of benzene rings is 1. The van der Waals surface area contributed by atoms with E-state index in [4.69, 9.17) is 16.3 Å².